The van der Waals surface area contributed by atoms with Gasteiger partial charge in [0.25, 0.3) is 0 Å². The molecule has 8 heteroatoms. The number of fused-ring (bicyclic) bond motifs is 8. The fraction of sp³-hybridized carbons (Fsp3) is 0.571. The fourth-order valence-electron chi connectivity index (χ4n) is 9.61. The van der Waals surface area contributed by atoms with E-state index in [0.717, 1.165) is 44.5 Å². The highest BCUT2D eigenvalue weighted by atomic mass is 16.5. The standard InChI is InChI=1S/C56H80O8/c1-29(2)17-37-41-21-46(54(25-49(41)57)62-34(11)12)39(19-31(5)6)43-23-48(56(27-51(43)59)64-36(15)16)40(20-32(7)8)44-24-47(55(28-52(44)60)63-35(13)14)38(18-30(3)4)42-22-45(37)53(26-50(42)58)61-33(9)10/h21-40,57-60H,17-20H2,1-16H3. The summed E-state index contributed by atoms with van der Waals surface area (Å²) in [5, 5.41) is 49.3. The SMILES string of the molecule is CC(C)CC1c2cc(c(OC(C)C)cc2O)C(CC(C)C)c2cc(c(OC(C)C)cc2O)C(CC(C)C)c2cc(c(OC(C)C)cc2O)C(CC(C)C)c2cc1c(OC(C)C)cc2O. The van der Waals surface area contributed by atoms with Crippen molar-refractivity contribution in [2.75, 3.05) is 0 Å². The van der Waals surface area contributed by atoms with Crippen LogP contribution < -0.4 is 18.9 Å². The van der Waals surface area contributed by atoms with Crippen molar-refractivity contribution in [2.45, 2.75) is 185 Å². The number of phenols is 4. The van der Waals surface area contributed by atoms with Gasteiger partial charge in [0.15, 0.2) is 0 Å². The quantitative estimate of drug-likeness (QED) is 0.0879. The maximum Gasteiger partial charge on any atom is 0.127 e. The van der Waals surface area contributed by atoms with Crippen LogP contribution in [0.25, 0.3) is 0 Å². The van der Waals surface area contributed by atoms with Crippen LogP contribution in [0.4, 0.5) is 0 Å². The van der Waals surface area contributed by atoms with Crippen molar-refractivity contribution in [3.63, 3.8) is 0 Å². The Labute approximate surface area is 385 Å². The van der Waals surface area contributed by atoms with Crippen molar-refractivity contribution in [1.82, 2.24) is 0 Å². The second-order valence-corrected chi connectivity index (χ2v) is 21.2. The minimum atomic E-state index is -0.365. The highest BCUT2D eigenvalue weighted by Gasteiger charge is 2.35. The molecule has 1 aliphatic rings. The number of phenolic OH excluding ortho intramolecular Hbond substituents is 4. The Balaban J connectivity index is 2.11. The Morgan fingerprint density at radius 2 is 0.469 bits per heavy atom. The largest absolute Gasteiger partial charge is 0.508 e. The molecule has 4 N–H and O–H groups in total. The lowest BCUT2D eigenvalue weighted by Gasteiger charge is -2.32. The lowest BCUT2D eigenvalue weighted by molar-refractivity contribution is 0.236. The Kier molecular flexibility index (Phi) is 16.5. The number of hydrogen-bond donors (Lipinski definition) is 4. The van der Waals surface area contributed by atoms with E-state index in [2.05, 4.69) is 79.7 Å². The molecule has 352 valence electrons. The number of aromatic hydroxyl groups is 4. The minimum Gasteiger partial charge on any atom is -0.508 e. The molecular weight excluding hydrogens is 801 g/mol. The predicted octanol–water partition coefficient (Wildman–Crippen LogP) is 14.7. The molecule has 1 aliphatic carbocycles. The molecular formula is C56H80O8. The zero-order valence-electron chi connectivity index (χ0n) is 41.8. The molecule has 8 nitrogen and oxygen atoms in total. The predicted molar refractivity (Wildman–Crippen MR) is 261 cm³/mol. The number of rotatable bonds is 16. The van der Waals surface area contributed by atoms with Crippen LogP contribution in [-0.4, -0.2) is 44.8 Å². The summed E-state index contributed by atoms with van der Waals surface area (Å²) in [7, 11) is 0. The smallest absolute Gasteiger partial charge is 0.127 e. The second-order valence-electron chi connectivity index (χ2n) is 21.2. The van der Waals surface area contributed by atoms with Crippen LogP contribution in [0, 0.1) is 23.7 Å². The Hall–Kier alpha value is -4.72. The third-order valence-corrected chi connectivity index (χ3v) is 11.9. The van der Waals surface area contributed by atoms with Gasteiger partial charge in [-0.25, -0.2) is 0 Å². The molecule has 4 unspecified atom stereocenters. The first kappa shape index (κ1) is 50.3. The van der Waals surface area contributed by atoms with E-state index in [0.29, 0.717) is 48.7 Å². The van der Waals surface area contributed by atoms with Crippen molar-refractivity contribution >= 4 is 0 Å². The van der Waals surface area contributed by atoms with Crippen LogP contribution >= 0.6 is 0 Å². The summed E-state index contributed by atoms with van der Waals surface area (Å²) in [5.74, 6) is 2.01. The lowest BCUT2D eigenvalue weighted by Crippen LogP contribution is -2.18. The zero-order chi connectivity index (χ0) is 47.5. The van der Waals surface area contributed by atoms with E-state index < -0.39 is 0 Å². The van der Waals surface area contributed by atoms with Gasteiger partial charge in [-0.3, -0.25) is 0 Å². The lowest BCUT2D eigenvalue weighted by atomic mass is 9.75. The first-order chi connectivity index (χ1) is 29.9. The van der Waals surface area contributed by atoms with Crippen molar-refractivity contribution < 1.29 is 39.4 Å². The van der Waals surface area contributed by atoms with E-state index in [1.54, 1.807) is 24.3 Å². The maximum atomic E-state index is 12.3. The average molecular weight is 881 g/mol. The molecule has 0 aromatic heterocycles. The van der Waals surface area contributed by atoms with Gasteiger partial charge in [-0.1, -0.05) is 55.4 Å². The molecule has 64 heavy (non-hydrogen) atoms. The number of hydrogen-bond acceptors (Lipinski definition) is 8. The van der Waals surface area contributed by atoms with Crippen LogP contribution in [0.3, 0.4) is 0 Å². The summed E-state index contributed by atoms with van der Waals surface area (Å²) in [6, 6.07) is 15.4. The number of benzene rings is 4. The Morgan fingerprint density at radius 3 is 0.609 bits per heavy atom. The van der Waals surface area contributed by atoms with Crippen molar-refractivity contribution in [3.05, 3.63) is 93.0 Å². The first-order valence-corrected chi connectivity index (χ1v) is 24.1. The Morgan fingerprint density at radius 1 is 0.297 bits per heavy atom. The van der Waals surface area contributed by atoms with Crippen LogP contribution in [0.5, 0.6) is 46.0 Å². The van der Waals surface area contributed by atoms with Crippen molar-refractivity contribution in [1.29, 1.82) is 0 Å². The molecule has 0 fully saturated rings. The summed E-state index contributed by atoms with van der Waals surface area (Å²) in [4.78, 5) is 0. The third kappa shape index (κ3) is 11.9. The van der Waals surface area contributed by atoms with Crippen LogP contribution in [0.1, 0.15) is 205 Å². The van der Waals surface area contributed by atoms with Gasteiger partial charge < -0.3 is 39.4 Å². The van der Waals surface area contributed by atoms with Gasteiger partial charge in [0.05, 0.1) is 24.4 Å². The van der Waals surface area contributed by atoms with Crippen molar-refractivity contribution in [2.24, 2.45) is 23.7 Å². The molecule has 4 atom stereocenters. The van der Waals surface area contributed by atoms with Gasteiger partial charge in [0.2, 0.25) is 0 Å². The molecule has 0 saturated carbocycles. The highest BCUT2D eigenvalue weighted by Crippen LogP contribution is 2.54. The minimum absolute atomic E-state index is 0.108. The summed E-state index contributed by atoms with van der Waals surface area (Å²) in [6.07, 6.45) is 1.87. The van der Waals surface area contributed by atoms with E-state index in [-0.39, 0.29) is 94.8 Å². The summed E-state index contributed by atoms with van der Waals surface area (Å²) >= 11 is 0. The summed E-state index contributed by atoms with van der Waals surface area (Å²) in [5.41, 5.74) is 6.33. The topological polar surface area (TPSA) is 118 Å². The number of ether oxygens (including phenoxy) is 4. The van der Waals surface area contributed by atoms with E-state index in [1.165, 1.54) is 0 Å². The van der Waals surface area contributed by atoms with E-state index >= 15 is 0 Å². The molecule has 0 spiro atoms. The van der Waals surface area contributed by atoms with E-state index in [4.69, 9.17) is 18.9 Å². The molecule has 5 rings (SSSR count). The van der Waals surface area contributed by atoms with Crippen LogP contribution in [-0.2, 0) is 0 Å². The van der Waals surface area contributed by atoms with Crippen LogP contribution in [0.15, 0.2) is 48.5 Å². The molecule has 8 bridgehead atoms. The van der Waals surface area contributed by atoms with Gasteiger partial charge in [-0.05, 0) is 129 Å². The van der Waals surface area contributed by atoms with Gasteiger partial charge in [-0.15, -0.1) is 0 Å². The normalized spacial score (nSPS) is 17.8. The molecule has 0 amide bonds. The van der Waals surface area contributed by atoms with Gasteiger partial charge >= 0.3 is 0 Å². The van der Waals surface area contributed by atoms with Crippen molar-refractivity contribution in [3.8, 4) is 46.0 Å². The first-order valence-electron chi connectivity index (χ1n) is 24.1. The average Bonchev–Trinajstić information content (AvgIpc) is 3.14. The van der Waals surface area contributed by atoms with E-state index in [1.807, 2.05) is 55.4 Å². The van der Waals surface area contributed by atoms with Gasteiger partial charge in [-0.2, -0.15) is 0 Å². The molecule has 0 saturated heterocycles. The summed E-state index contributed by atoms with van der Waals surface area (Å²) < 4.78 is 26.4. The molecule has 4 aromatic carbocycles. The monoisotopic (exact) mass is 881 g/mol. The maximum absolute atomic E-state index is 12.3. The second kappa shape index (κ2) is 21.1. The zero-order valence-corrected chi connectivity index (χ0v) is 41.8. The molecule has 4 aromatic rings. The van der Waals surface area contributed by atoms with E-state index in [9.17, 15) is 20.4 Å². The summed E-state index contributed by atoms with van der Waals surface area (Å²) in [6.45, 7) is 33.3. The molecule has 0 radical (unpaired) electrons. The fourth-order valence-corrected chi connectivity index (χ4v) is 9.61. The van der Waals surface area contributed by atoms with Gasteiger partial charge in [0.1, 0.15) is 46.0 Å². The van der Waals surface area contributed by atoms with Crippen LogP contribution in [0.2, 0.25) is 0 Å². The third-order valence-electron chi connectivity index (χ3n) is 11.9. The molecule has 0 aliphatic heterocycles. The highest BCUT2D eigenvalue weighted by molar-refractivity contribution is 5.63. The van der Waals surface area contributed by atoms with Gasteiger partial charge in [0, 0.05) is 92.4 Å². The molecule has 0 heterocycles. The Bertz CT molecular complexity index is 1890.